The van der Waals surface area contributed by atoms with Crippen LogP contribution in [0, 0.1) is 6.92 Å². The molecule has 0 atom stereocenters. The van der Waals surface area contributed by atoms with Crippen LogP contribution in [-0.4, -0.2) is 0 Å². The molecule has 0 bridgehead atoms. The van der Waals surface area contributed by atoms with Gasteiger partial charge in [0.05, 0.1) is 5.02 Å². The minimum Gasteiger partial charge on any atom is -0.391 e. The van der Waals surface area contributed by atoms with E-state index in [-0.39, 0.29) is 0 Å². The van der Waals surface area contributed by atoms with Crippen LogP contribution in [0.5, 0.6) is 0 Å². The third kappa shape index (κ3) is 1.02. The molecule has 0 saturated heterocycles. The van der Waals surface area contributed by atoms with Crippen LogP contribution in [0.4, 0.5) is 0 Å². The van der Waals surface area contributed by atoms with Crippen molar-refractivity contribution in [3.05, 3.63) is 33.3 Å². The van der Waals surface area contributed by atoms with Gasteiger partial charge in [-0.3, -0.25) is 0 Å². The van der Waals surface area contributed by atoms with Gasteiger partial charge in [-0.15, -0.1) is 0 Å². The van der Waals surface area contributed by atoms with Crippen LogP contribution >= 0.6 is 11.6 Å². The van der Waals surface area contributed by atoms with Gasteiger partial charge in [-0.05, 0) is 24.6 Å². The van der Waals surface area contributed by atoms with Gasteiger partial charge in [0, 0.05) is 0 Å². The van der Waals surface area contributed by atoms with Crippen molar-refractivity contribution in [2.24, 2.45) is 0 Å². The van der Waals surface area contributed by atoms with Crippen molar-refractivity contribution in [3.8, 4) is 0 Å². The van der Waals surface area contributed by atoms with E-state index in [0.717, 1.165) is 5.56 Å². The molecule has 3 nitrogen and oxygen atoms in total. The van der Waals surface area contributed by atoms with Gasteiger partial charge in [0.2, 0.25) is 0 Å². The standard InChI is InChI=1S/C8H5ClO3/c1-4-2-5(9)7-6(3-4)11-8(10)12-7/h2-3H,1H3. The van der Waals surface area contributed by atoms with Gasteiger partial charge in [0.15, 0.2) is 11.2 Å². The van der Waals surface area contributed by atoms with Crippen LogP contribution in [-0.2, 0) is 0 Å². The molecule has 0 aliphatic carbocycles. The van der Waals surface area contributed by atoms with Gasteiger partial charge in [0.1, 0.15) is 0 Å². The summed E-state index contributed by atoms with van der Waals surface area (Å²) in [6, 6.07) is 3.41. The predicted octanol–water partition coefficient (Wildman–Crippen LogP) is 2.35. The van der Waals surface area contributed by atoms with Crippen molar-refractivity contribution >= 4 is 22.8 Å². The molecule has 1 aromatic carbocycles. The maximum atomic E-state index is 10.7. The average molecular weight is 185 g/mol. The monoisotopic (exact) mass is 184 g/mol. The summed E-state index contributed by atoms with van der Waals surface area (Å²) in [7, 11) is 0. The second-order valence-corrected chi connectivity index (χ2v) is 2.94. The Balaban J connectivity index is 2.97. The van der Waals surface area contributed by atoms with Gasteiger partial charge >= 0.3 is 5.82 Å². The smallest absolute Gasteiger partial charge is 0.391 e. The first-order chi connectivity index (χ1) is 5.66. The third-order valence-electron chi connectivity index (χ3n) is 1.53. The maximum absolute atomic E-state index is 10.7. The molecule has 0 unspecified atom stereocenters. The van der Waals surface area contributed by atoms with E-state index in [1.807, 2.05) is 6.92 Å². The Bertz CT molecular complexity index is 480. The highest BCUT2D eigenvalue weighted by atomic mass is 35.5. The number of hydrogen-bond donors (Lipinski definition) is 0. The summed E-state index contributed by atoms with van der Waals surface area (Å²) in [5.41, 5.74) is 1.63. The summed E-state index contributed by atoms with van der Waals surface area (Å²) < 4.78 is 9.42. The number of hydrogen-bond acceptors (Lipinski definition) is 3. The van der Waals surface area contributed by atoms with E-state index in [1.54, 1.807) is 12.1 Å². The van der Waals surface area contributed by atoms with Crippen LogP contribution < -0.4 is 5.82 Å². The summed E-state index contributed by atoms with van der Waals surface area (Å²) in [5.74, 6) is -0.725. The third-order valence-corrected chi connectivity index (χ3v) is 1.81. The molecule has 2 rings (SSSR count). The predicted molar refractivity (Wildman–Crippen MR) is 44.5 cm³/mol. The number of halogens is 1. The average Bonchev–Trinajstić information content (AvgIpc) is 2.29. The van der Waals surface area contributed by atoms with Crippen molar-refractivity contribution in [2.45, 2.75) is 6.92 Å². The van der Waals surface area contributed by atoms with Gasteiger partial charge in [-0.25, -0.2) is 4.79 Å². The molecule has 0 radical (unpaired) electrons. The van der Waals surface area contributed by atoms with E-state index in [4.69, 9.17) is 20.4 Å². The van der Waals surface area contributed by atoms with Gasteiger partial charge in [-0.2, -0.15) is 0 Å². The first kappa shape index (κ1) is 7.43. The van der Waals surface area contributed by atoms with Gasteiger partial charge in [0.25, 0.3) is 0 Å². The zero-order chi connectivity index (χ0) is 8.72. The Labute approximate surface area is 72.5 Å². The molecule has 0 amide bonds. The van der Waals surface area contributed by atoms with E-state index in [1.165, 1.54) is 0 Å². The highest BCUT2D eigenvalue weighted by molar-refractivity contribution is 6.34. The van der Waals surface area contributed by atoms with Gasteiger partial charge in [-0.1, -0.05) is 11.6 Å². The minimum atomic E-state index is -0.725. The van der Waals surface area contributed by atoms with Crippen LogP contribution in [0.1, 0.15) is 5.56 Å². The fraction of sp³-hybridized carbons (Fsp3) is 0.125. The summed E-state index contributed by atoms with van der Waals surface area (Å²) in [5, 5.41) is 0.399. The molecule has 0 saturated carbocycles. The first-order valence-corrected chi connectivity index (χ1v) is 3.74. The zero-order valence-electron chi connectivity index (χ0n) is 6.26. The van der Waals surface area contributed by atoms with Crippen molar-refractivity contribution in [1.82, 2.24) is 0 Å². The molecule has 1 heterocycles. The normalized spacial score (nSPS) is 10.8. The van der Waals surface area contributed by atoms with Crippen molar-refractivity contribution in [1.29, 1.82) is 0 Å². The van der Waals surface area contributed by atoms with E-state index in [2.05, 4.69) is 0 Å². The van der Waals surface area contributed by atoms with Crippen LogP contribution in [0.3, 0.4) is 0 Å². The fourth-order valence-electron chi connectivity index (χ4n) is 1.07. The van der Waals surface area contributed by atoms with E-state index in [9.17, 15) is 4.79 Å². The summed E-state index contributed by atoms with van der Waals surface area (Å²) in [6.07, 6.45) is 0. The molecule has 0 N–H and O–H groups in total. The SMILES string of the molecule is Cc1cc(Cl)c2oc(=O)oc2c1. The van der Waals surface area contributed by atoms with Crippen molar-refractivity contribution < 1.29 is 8.83 Å². The number of aryl methyl sites for hydroxylation is 1. The van der Waals surface area contributed by atoms with Crippen LogP contribution in [0.15, 0.2) is 25.8 Å². The molecule has 12 heavy (non-hydrogen) atoms. The quantitative estimate of drug-likeness (QED) is 0.631. The number of benzene rings is 1. The largest absolute Gasteiger partial charge is 0.519 e. The van der Waals surface area contributed by atoms with E-state index in [0.29, 0.717) is 16.2 Å². The lowest BCUT2D eigenvalue weighted by Gasteiger charge is -1.91. The summed E-state index contributed by atoms with van der Waals surface area (Å²) in [4.78, 5) is 10.7. The fourth-order valence-corrected chi connectivity index (χ4v) is 1.37. The topological polar surface area (TPSA) is 43.4 Å². The Morgan fingerprint density at radius 1 is 1.33 bits per heavy atom. The van der Waals surface area contributed by atoms with E-state index < -0.39 is 5.82 Å². The van der Waals surface area contributed by atoms with Crippen LogP contribution in [0.25, 0.3) is 11.2 Å². The maximum Gasteiger partial charge on any atom is 0.519 e. The molecule has 1 aromatic heterocycles. The molecule has 0 aliphatic heterocycles. The van der Waals surface area contributed by atoms with Crippen LogP contribution in [0.2, 0.25) is 5.02 Å². The molecular formula is C8H5ClO3. The molecule has 4 heteroatoms. The van der Waals surface area contributed by atoms with Gasteiger partial charge < -0.3 is 8.83 Å². The zero-order valence-corrected chi connectivity index (χ0v) is 7.01. The Morgan fingerprint density at radius 3 is 2.83 bits per heavy atom. The number of rotatable bonds is 0. The molecular weight excluding hydrogens is 180 g/mol. The second-order valence-electron chi connectivity index (χ2n) is 2.53. The molecule has 62 valence electrons. The highest BCUT2D eigenvalue weighted by Crippen LogP contribution is 2.23. The minimum absolute atomic E-state index is 0.312. The Hall–Kier alpha value is -1.22. The second kappa shape index (κ2) is 2.38. The molecule has 0 fully saturated rings. The lowest BCUT2D eigenvalue weighted by Crippen LogP contribution is -1.84. The molecule has 2 aromatic rings. The van der Waals surface area contributed by atoms with Crippen molar-refractivity contribution in [2.75, 3.05) is 0 Å². The van der Waals surface area contributed by atoms with E-state index >= 15 is 0 Å². The van der Waals surface area contributed by atoms with Crippen molar-refractivity contribution in [3.63, 3.8) is 0 Å². The molecule has 0 aliphatic rings. The number of fused-ring (bicyclic) bond motifs is 1. The highest BCUT2D eigenvalue weighted by Gasteiger charge is 2.07. The first-order valence-electron chi connectivity index (χ1n) is 3.36. The lowest BCUT2D eigenvalue weighted by atomic mass is 10.2. The summed E-state index contributed by atoms with van der Waals surface area (Å²) >= 11 is 5.78. The lowest BCUT2D eigenvalue weighted by molar-refractivity contribution is 0.409. The Kier molecular flexibility index (Phi) is 1.48. The molecule has 0 spiro atoms. The Morgan fingerprint density at radius 2 is 2.08 bits per heavy atom. The summed E-state index contributed by atoms with van der Waals surface area (Å²) in [6.45, 7) is 1.86.